The molecule has 0 saturated carbocycles. The van der Waals surface area contributed by atoms with E-state index in [1.165, 1.54) is 18.2 Å². The molecule has 0 heterocycles. The van der Waals surface area contributed by atoms with E-state index in [4.69, 9.17) is 27.2 Å². The first kappa shape index (κ1) is 12.2. The van der Waals surface area contributed by atoms with E-state index in [0.717, 1.165) is 0 Å². The molecule has 3 N–H and O–H groups in total. The summed E-state index contributed by atoms with van der Waals surface area (Å²) < 4.78 is 17.9. The first-order valence-corrected chi connectivity index (χ1v) is 4.97. The van der Waals surface area contributed by atoms with Crippen LogP contribution in [0.2, 0.25) is 5.02 Å². The van der Waals surface area contributed by atoms with E-state index in [1.54, 1.807) is 0 Å². The third-order valence-electron chi connectivity index (χ3n) is 1.87. The van der Waals surface area contributed by atoms with Crippen LogP contribution in [-0.4, -0.2) is 24.4 Å². The lowest BCUT2D eigenvalue weighted by atomic mass is 10.3. The molecule has 84 valence electrons. The van der Waals surface area contributed by atoms with Crippen molar-refractivity contribution in [2.24, 2.45) is 5.73 Å². The van der Waals surface area contributed by atoms with Crippen LogP contribution in [0.15, 0.2) is 18.2 Å². The molecule has 0 aliphatic heterocycles. The van der Waals surface area contributed by atoms with E-state index in [0.29, 0.717) is 18.8 Å². The second kappa shape index (κ2) is 5.90. The van der Waals surface area contributed by atoms with Crippen LogP contribution in [0.25, 0.3) is 0 Å². The average Bonchev–Trinajstić information content (AvgIpc) is 2.21. The number of aliphatic hydroxyl groups excluding tert-OH is 1. The highest BCUT2D eigenvalue weighted by Crippen LogP contribution is 2.24. The lowest BCUT2D eigenvalue weighted by Crippen LogP contribution is -2.21. The minimum Gasteiger partial charge on any atom is -0.492 e. The Bertz CT molecular complexity index is 322. The summed E-state index contributed by atoms with van der Waals surface area (Å²) in [5.41, 5.74) is 5.22. The van der Waals surface area contributed by atoms with Gasteiger partial charge in [-0.3, -0.25) is 0 Å². The minimum atomic E-state index is -0.579. The van der Waals surface area contributed by atoms with Gasteiger partial charge in [0, 0.05) is 13.0 Å². The fourth-order valence-corrected chi connectivity index (χ4v) is 1.24. The van der Waals surface area contributed by atoms with E-state index >= 15 is 0 Å². The largest absolute Gasteiger partial charge is 0.492 e. The fraction of sp³-hybridized carbons (Fsp3) is 0.400. The van der Waals surface area contributed by atoms with Crippen molar-refractivity contribution in [3.8, 4) is 5.75 Å². The van der Waals surface area contributed by atoms with Gasteiger partial charge < -0.3 is 15.6 Å². The summed E-state index contributed by atoms with van der Waals surface area (Å²) in [6, 6.07) is 3.89. The number of aliphatic hydroxyl groups is 1. The van der Waals surface area contributed by atoms with E-state index in [2.05, 4.69) is 0 Å². The van der Waals surface area contributed by atoms with Gasteiger partial charge in [-0.2, -0.15) is 0 Å². The summed E-state index contributed by atoms with van der Waals surface area (Å²) in [5.74, 6) is -0.00312. The van der Waals surface area contributed by atoms with E-state index in [9.17, 15) is 4.39 Å². The van der Waals surface area contributed by atoms with Crippen molar-refractivity contribution in [2.45, 2.75) is 12.5 Å². The third kappa shape index (κ3) is 4.03. The van der Waals surface area contributed by atoms with Gasteiger partial charge in [-0.1, -0.05) is 11.6 Å². The monoisotopic (exact) mass is 233 g/mol. The van der Waals surface area contributed by atoms with Crippen LogP contribution in [-0.2, 0) is 0 Å². The Morgan fingerprint density at radius 1 is 1.53 bits per heavy atom. The lowest BCUT2D eigenvalue weighted by Gasteiger charge is -2.10. The fourth-order valence-electron chi connectivity index (χ4n) is 1.02. The average molecular weight is 234 g/mol. The van der Waals surface area contributed by atoms with Gasteiger partial charge >= 0.3 is 0 Å². The summed E-state index contributed by atoms with van der Waals surface area (Å²) in [4.78, 5) is 0. The van der Waals surface area contributed by atoms with Gasteiger partial charge in [-0.25, -0.2) is 4.39 Å². The molecule has 0 aliphatic rings. The molecule has 0 aromatic heterocycles. The number of nitrogens with two attached hydrogens (primary N) is 1. The van der Waals surface area contributed by atoms with Crippen molar-refractivity contribution in [2.75, 3.05) is 13.2 Å². The quantitative estimate of drug-likeness (QED) is 0.812. The molecule has 3 nitrogen and oxygen atoms in total. The molecule has 1 rings (SSSR count). The third-order valence-corrected chi connectivity index (χ3v) is 2.17. The van der Waals surface area contributed by atoms with Crippen molar-refractivity contribution in [3.63, 3.8) is 0 Å². The van der Waals surface area contributed by atoms with Crippen LogP contribution < -0.4 is 10.5 Å². The molecule has 0 bridgehead atoms. The first-order valence-electron chi connectivity index (χ1n) is 4.59. The Labute approximate surface area is 92.6 Å². The van der Waals surface area contributed by atoms with E-state index in [-0.39, 0.29) is 11.6 Å². The highest BCUT2D eigenvalue weighted by Gasteiger charge is 2.05. The van der Waals surface area contributed by atoms with Crippen LogP contribution in [0.1, 0.15) is 6.42 Å². The van der Waals surface area contributed by atoms with Crippen LogP contribution >= 0.6 is 11.6 Å². The molecule has 0 aliphatic carbocycles. The maximum Gasteiger partial charge on any atom is 0.138 e. The summed E-state index contributed by atoms with van der Waals surface area (Å²) in [7, 11) is 0. The normalized spacial score (nSPS) is 12.5. The van der Waals surface area contributed by atoms with Crippen LogP contribution in [0.3, 0.4) is 0 Å². The van der Waals surface area contributed by atoms with Gasteiger partial charge in [0.15, 0.2) is 0 Å². The summed E-state index contributed by atoms with van der Waals surface area (Å²) >= 11 is 5.73. The van der Waals surface area contributed by atoms with Crippen molar-refractivity contribution in [1.82, 2.24) is 0 Å². The second-order valence-electron chi connectivity index (χ2n) is 3.10. The number of benzene rings is 1. The molecule has 0 fully saturated rings. The number of ether oxygens (including phenoxy) is 1. The summed E-state index contributed by atoms with van der Waals surface area (Å²) in [5, 5.41) is 9.37. The Morgan fingerprint density at radius 3 is 2.87 bits per heavy atom. The number of hydrogen-bond donors (Lipinski definition) is 2. The van der Waals surface area contributed by atoms with Gasteiger partial charge in [-0.15, -0.1) is 0 Å². The zero-order valence-electron chi connectivity index (χ0n) is 8.12. The smallest absolute Gasteiger partial charge is 0.138 e. The van der Waals surface area contributed by atoms with Crippen LogP contribution in [0.4, 0.5) is 4.39 Å². The molecule has 1 aromatic carbocycles. The Balaban J connectivity index is 2.44. The first-order chi connectivity index (χ1) is 7.13. The topological polar surface area (TPSA) is 55.5 Å². The second-order valence-corrected chi connectivity index (χ2v) is 3.51. The highest BCUT2D eigenvalue weighted by molar-refractivity contribution is 6.32. The number of rotatable bonds is 5. The van der Waals surface area contributed by atoms with Gasteiger partial charge in [0.25, 0.3) is 0 Å². The predicted octanol–water partition coefficient (Wildman–Crippen LogP) is 1.57. The zero-order chi connectivity index (χ0) is 11.3. The molecule has 15 heavy (non-hydrogen) atoms. The molecule has 5 heteroatoms. The Kier molecular flexibility index (Phi) is 4.81. The standard InChI is InChI=1S/C10H13ClFNO2/c11-9-5-7(12)1-2-10(9)15-4-3-8(14)6-13/h1-2,5,8,14H,3-4,6,13H2. The highest BCUT2D eigenvalue weighted by atomic mass is 35.5. The predicted molar refractivity (Wildman–Crippen MR) is 56.6 cm³/mol. The van der Waals surface area contributed by atoms with Crippen molar-refractivity contribution in [1.29, 1.82) is 0 Å². The molecule has 0 saturated heterocycles. The Morgan fingerprint density at radius 2 is 2.27 bits per heavy atom. The molecule has 0 radical (unpaired) electrons. The number of hydrogen-bond acceptors (Lipinski definition) is 3. The maximum absolute atomic E-state index is 12.7. The van der Waals surface area contributed by atoms with Crippen molar-refractivity contribution < 1.29 is 14.2 Å². The zero-order valence-corrected chi connectivity index (χ0v) is 8.88. The summed E-state index contributed by atoms with van der Waals surface area (Å²) in [6.45, 7) is 0.490. The van der Waals surface area contributed by atoms with Crippen molar-refractivity contribution in [3.05, 3.63) is 29.0 Å². The molecular weight excluding hydrogens is 221 g/mol. The Hall–Kier alpha value is -0.840. The number of halogens is 2. The summed E-state index contributed by atoms with van der Waals surface area (Å²) in [6.07, 6.45) is -0.159. The van der Waals surface area contributed by atoms with Crippen molar-refractivity contribution >= 4 is 11.6 Å². The lowest BCUT2D eigenvalue weighted by molar-refractivity contribution is 0.146. The van der Waals surface area contributed by atoms with Gasteiger partial charge in [-0.05, 0) is 18.2 Å². The van der Waals surface area contributed by atoms with E-state index in [1.807, 2.05) is 0 Å². The van der Waals surface area contributed by atoms with E-state index < -0.39 is 11.9 Å². The molecular formula is C10H13ClFNO2. The molecule has 1 unspecified atom stereocenters. The minimum absolute atomic E-state index is 0.195. The molecule has 1 aromatic rings. The SMILES string of the molecule is NCC(O)CCOc1ccc(F)cc1Cl. The molecule has 0 spiro atoms. The molecule has 0 amide bonds. The van der Waals surface area contributed by atoms with Gasteiger partial charge in [0.05, 0.1) is 17.7 Å². The van der Waals surface area contributed by atoms with Gasteiger partial charge in [0.2, 0.25) is 0 Å². The van der Waals surface area contributed by atoms with Crippen LogP contribution in [0, 0.1) is 5.82 Å². The molecule has 1 atom stereocenters. The van der Waals surface area contributed by atoms with Crippen LogP contribution in [0.5, 0.6) is 5.75 Å². The van der Waals surface area contributed by atoms with Gasteiger partial charge in [0.1, 0.15) is 11.6 Å². The maximum atomic E-state index is 12.7.